The molecule has 2 heterocycles. The van der Waals surface area contributed by atoms with Gasteiger partial charge in [-0.05, 0) is 19.4 Å². The number of ether oxygens (including phenoxy) is 1. The first-order chi connectivity index (χ1) is 13.8. The molecule has 2 saturated heterocycles. The average Bonchev–Trinajstić information content (AvgIpc) is 3.09. The Morgan fingerprint density at radius 2 is 1.80 bits per heavy atom. The first-order valence-electron chi connectivity index (χ1n) is 9.70. The molecule has 0 saturated carbocycles. The Bertz CT molecular complexity index is 762. The summed E-state index contributed by atoms with van der Waals surface area (Å²) in [6.45, 7) is 8.79. The highest BCUT2D eigenvalue weighted by molar-refractivity contribution is 5.76. The monoisotopic (exact) mass is 430 g/mol. The summed E-state index contributed by atoms with van der Waals surface area (Å²) in [5.74, 6) is -2.06. The largest absolute Gasteiger partial charge is 0.490 e. The molecule has 3 rings (SSSR count). The van der Waals surface area contributed by atoms with Gasteiger partial charge in [-0.25, -0.2) is 4.79 Å². The number of hydrogen-bond acceptors (Lipinski definition) is 4. The van der Waals surface area contributed by atoms with Crippen LogP contribution in [0.15, 0.2) is 18.2 Å². The number of aliphatic carboxylic acids is 1. The van der Waals surface area contributed by atoms with E-state index in [-0.39, 0.29) is 11.3 Å². The highest BCUT2D eigenvalue weighted by atomic mass is 19.4. The molecular formula is C21H29F3N2O4. The van der Waals surface area contributed by atoms with Crippen molar-refractivity contribution in [2.24, 2.45) is 11.3 Å². The molecule has 0 radical (unpaired) electrons. The summed E-state index contributed by atoms with van der Waals surface area (Å²) in [6, 6.07) is 6.76. The standard InChI is InChI=1S/C19H28N2O2.C2HF3O2/c1-14-5-15(2)7-16(6-14)9-21-10-17-11-23-13-19(17,12-21)8-18(22)20(3)4;3-2(4,5)1(6)7/h5-7,17H,8-13H2,1-4H3;(H,6,7)/t17-,19+;/m1./s1. The van der Waals surface area contributed by atoms with Gasteiger partial charge in [0.1, 0.15) is 0 Å². The Labute approximate surface area is 174 Å². The van der Waals surface area contributed by atoms with E-state index in [9.17, 15) is 18.0 Å². The fraction of sp³-hybridized carbons (Fsp3) is 0.619. The van der Waals surface area contributed by atoms with E-state index in [1.54, 1.807) is 4.90 Å². The third-order valence-corrected chi connectivity index (χ3v) is 5.52. The zero-order valence-corrected chi connectivity index (χ0v) is 17.8. The quantitative estimate of drug-likeness (QED) is 0.796. The number of alkyl halides is 3. The Balaban J connectivity index is 0.000000396. The molecule has 30 heavy (non-hydrogen) atoms. The third kappa shape index (κ3) is 6.18. The van der Waals surface area contributed by atoms with Crippen molar-refractivity contribution in [2.75, 3.05) is 40.4 Å². The summed E-state index contributed by atoms with van der Waals surface area (Å²) in [4.78, 5) is 25.3. The second kappa shape index (κ2) is 9.34. The number of rotatable bonds is 4. The molecule has 0 aromatic heterocycles. The Hall–Kier alpha value is -2.13. The molecular weight excluding hydrogens is 401 g/mol. The van der Waals surface area contributed by atoms with E-state index in [0.29, 0.717) is 12.3 Å². The maximum absolute atomic E-state index is 12.2. The average molecular weight is 430 g/mol. The number of carboxylic acid groups (broad SMARTS) is 1. The molecule has 9 heteroatoms. The van der Waals surface area contributed by atoms with Crippen LogP contribution in [0.4, 0.5) is 13.2 Å². The molecule has 6 nitrogen and oxygen atoms in total. The van der Waals surface area contributed by atoms with Crippen LogP contribution in [0, 0.1) is 25.2 Å². The van der Waals surface area contributed by atoms with Gasteiger partial charge < -0.3 is 14.7 Å². The zero-order chi connectivity index (χ0) is 22.7. The van der Waals surface area contributed by atoms with E-state index >= 15 is 0 Å². The van der Waals surface area contributed by atoms with Gasteiger partial charge in [-0.15, -0.1) is 0 Å². The number of likely N-dealkylation sites (tertiary alicyclic amines) is 1. The van der Waals surface area contributed by atoms with Crippen molar-refractivity contribution in [3.63, 3.8) is 0 Å². The Morgan fingerprint density at radius 1 is 1.23 bits per heavy atom. The molecule has 168 valence electrons. The maximum Gasteiger partial charge on any atom is 0.490 e. The number of hydrogen-bond donors (Lipinski definition) is 1. The second-order valence-electron chi connectivity index (χ2n) is 8.51. The van der Waals surface area contributed by atoms with E-state index in [1.165, 1.54) is 16.7 Å². The van der Waals surface area contributed by atoms with Gasteiger partial charge in [0.05, 0.1) is 13.2 Å². The number of carbonyl (C=O) groups is 2. The van der Waals surface area contributed by atoms with Gasteiger partial charge in [0.2, 0.25) is 5.91 Å². The molecule has 1 aromatic carbocycles. The van der Waals surface area contributed by atoms with Crippen LogP contribution in [0.1, 0.15) is 23.1 Å². The van der Waals surface area contributed by atoms with Crippen LogP contribution in [-0.2, 0) is 20.9 Å². The van der Waals surface area contributed by atoms with E-state index in [0.717, 1.165) is 32.8 Å². The van der Waals surface area contributed by atoms with Crippen molar-refractivity contribution >= 4 is 11.9 Å². The number of carbonyl (C=O) groups excluding carboxylic acids is 1. The van der Waals surface area contributed by atoms with E-state index in [2.05, 4.69) is 36.9 Å². The number of aryl methyl sites for hydroxylation is 2. The van der Waals surface area contributed by atoms with Crippen molar-refractivity contribution < 1.29 is 32.6 Å². The van der Waals surface area contributed by atoms with Gasteiger partial charge in [0.15, 0.2) is 0 Å². The Morgan fingerprint density at radius 3 is 2.30 bits per heavy atom. The molecule has 2 aliphatic rings. The van der Waals surface area contributed by atoms with Crippen molar-refractivity contribution in [1.82, 2.24) is 9.80 Å². The zero-order valence-electron chi connectivity index (χ0n) is 17.8. The number of amides is 1. The number of carboxylic acids is 1. The number of nitrogens with zero attached hydrogens (tertiary/aromatic N) is 2. The van der Waals surface area contributed by atoms with Crippen LogP contribution < -0.4 is 0 Å². The lowest BCUT2D eigenvalue weighted by Gasteiger charge is -2.28. The van der Waals surface area contributed by atoms with Crippen molar-refractivity contribution in [3.8, 4) is 0 Å². The molecule has 1 N–H and O–H groups in total. The van der Waals surface area contributed by atoms with Crippen LogP contribution in [0.5, 0.6) is 0 Å². The maximum atomic E-state index is 12.2. The van der Waals surface area contributed by atoms with Crippen LogP contribution in [-0.4, -0.2) is 73.4 Å². The fourth-order valence-corrected chi connectivity index (χ4v) is 4.19. The SMILES string of the molecule is Cc1cc(C)cc(CN2C[C@@H]3COC[C@]3(CC(=O)N(C)C)C2)c1.O=C(O)C(F)(F)F. The number of fused-ring (bicyclic) bond motifs is 1. The molecule has 0 aliphatic carbocycles. The minimum atomic E-state index is -5.08. The predicted molar refractivity (Wildman–Crippen MR) is 105 cm³/mol. The predicted octanol–water partition coefficient (Wildman–Crippen LogP) is 2.86. The number of benzene rings is 1. The molecule has 0 unspecified atom stereocenters. The van der Waals surface area contributed by atoms with Crippen molar-refractivity contribution in [1.29, 1.82) is 0 Å². The molecule has 1 amide bonds. The van der Waals surface area contributed by atoms with Gasteiger partial charge in [0.25, 0.3) is 0 Å². The highest BCUT2D eigenvalue weighted by Gasteiger charge is 2.51. The summed E-state index contributed by atoms with van der Waals surface area (Å²) in [7, 11) is 3.68. The first kappa shape index (κ1) is 24.1. The van der Waals surface area contributed by atoms with Gasteiger partial charge >= 0.3 is 12.1 Å². The third-order valence-electron chi connectivity index (χ3n) is 5.52. The molecule has 0 spiro atoms. The summed E-state index contributed by atoms with van der Waals surface area (Å²) in [5.41, 5.74) is 4.03. The van der Waals surface area contributed by atoms with Crippen molar-refractivity contribution in [2.45, 2.75) is 33.0 Å². The van der Waals surface area contributed by atoms with Gasteiger partial charge in [0, 0.05) is 51.5 Å². The lowest BCUT2D eigenvalue weighted by molar-refractivity contribution is -0.192. The normalized spacial score (nSPS) is 23.5. The highest BCUT2D eigenvalue weighted by Crippen LogP contribution is 2.44. The first-order valence-corrected chi connectivity index (χ1v) is 9.70. The molecule has 1 aromatic rings. The van der Waals surface area contributed by atoms with Gasteiger partial charge in [-0.3, -0.25) is 9.69 Å². The summed E-state index contributed by atoms with van der Waals surface area (Å²) in [5, 5.41) is 7.12. The lowest BCUT2D eigenvalue weighted by atomic mass is 9.78. The fourth-order valence-electron chi connectivity index (χ4n) is 4.19. The van der Waals surface area contributed by atoms with Gasteiger partial charge in [-0.2, -0.15) is 13.2 Å². The Kier molecular flexibility index (Phi) is 7.52. The molecule has 0 bridgehead atoms. The minimum absolute atomic E-state index is 0.0141. The van der Waals surface area contributed by atoms with E-state index in [4.69, 9.17) is 14.6 Å². The smallest absolute Gasteiger partial charge is 0.475 e. The van der Waals surface area contributed by atoms with E-state index in [1.807, 2.05) is 14.1 Å². The molecule has 2 atom stereocenters. The summed E-state index contributed by atoms with van der Waals surface area (Å²) >= 11 is 0. The van der Waals surface area contributed by atoms with E-state index < -0.39 is 12.1 Å². The number of halogens is 3. The summed E-state index contributed by atoms with van der Waals surface area (Å²) < 4.78 is 37.5. The topological polar surface area (TPSA) is 70.1 Å². The molecule has 2 fully saturated rings. The summed E-state index contributed by atoms with van der Waals surface area (Å²) in [6.07, 6.45) is -4.48. The van der Waals surface area contributed by atoms with Crippen molar-refractivity contribution in [3.05, 3.63) is 34.9 Å². The minimum Gasteiger partial charge on any atom is -0.475 e. The van der Waals surface area contributed by atoms with Crippen LogP contribution >= 0.6 is 0 Å². The van der Waals surface area contributed by atoms with Gasteiger partial charge in [-0.1, -0.05) is 29.3 Å². The lowest BCUT2D eigenvalue weighted by Crippen LogP contribution is -2.37. The second-order valence-corrected chi connectivity index (χ2v) is 8.51. The van der Waals surface area contributed by atoms with Crippen LogP contribution in [0.2, 0.25) is 0 Å². The van der Waals surface area contributed by atoms with Crippen LogP contribution in [0.3, 0.4) is 0 Å². The van der Waals surface area contributed by atoms with Crippen LogP contribution in [0.25, 0.3) is 0 Å². The molecule has 2 aliphatic heterocycles.